The summed E-state index contributed by atoms with van der Waals surface area (Å²) in [6.07, 6.45) is 5.57. The zero-order chi connectivity index (χ0) is 22.1. The van der Waals surface area contributed by atoms with E-state index in [4.69, 9.17) is 0 Å². The van der Waals surface area contributed by atoms with Gasteiger partial charge in [-0.05, 0) is 67.7 Å². The van der Waals surface area contributed by atoms with Crippen molar-refractivity contribution in [2.45, 2.75) is 32.7 Å². The van der Waals surface area contributed by atoms with E-state index in [0.717, 1.165) is 78.7 Å². The average Bonchev–Trinajstić information content (AvgIpc) is 3.43. The summed E-state index contributed by atoms with van der Waals surface area (Å²) in [7, 11) is 1.92. The van der Waals surface area contributed by atoms with E-state index in [1.54, 1.807) is 12.1 Å². The fourth-order valence-electron chi connectivity index (χ4n) is 5.63. The van der Waals surface area contributed by atoms with Crippen molar-refractivity contribution < 1.29 is 4.39 Å². The van der Waals surface area contributed by atoms with Crippen molar-refractivity contribution in [2.75, 3.05) is 25.0 Å². The molecule has 2 aliphatic rings. The molecule has 1 aliphatic carbocycles. The zero-order valence-electron chi connectivity index (χ0n) is 18.8. The van der Waals surface area contributed by atoms with Gasteiger partial charge in [0.15, 0.2) is 0 Å². The van der Waals surface area contributed by atoms with Gasteiger partial charge in [0.05, 0.1) is 11.9 Å². The molecule has 1 saturated carbocycles. The maximum atomic E-state index is 14.0. The van der Waals surface area contributed by atoms with Gasteiger partial charge < -0.3 is 5.32 Å². The maximum absolute atomic E-state index is 14.0. The highest BCUT2D eigenvalue weighted by Gasteiger charge is 2.40. The highest BCUT2D eigenvalue weighted by Crippen LogP contribution is 2.43. The number of anilines is 1. The van der Waals surface area contributed by atoms with Gasteiger partial charge in [0.1, 0.15) is 17.3 Å². The van der Waals surface area contributed by atoms with Gasteiger partial charge in [-0.15, -0.1) is 10.2 Å². The maximum Gasteiger partial charge on any atom is 0.148 e. The number of likely N-dealkylation sites (tertiary alicyclic amines) is 1. The highest BCUT2D eigenvalue weighted by atomic mass is 19.1. The second-order valence-corrected chi connectivity index (χ2v) is 9.46. The summed E-state index contributed by atoms with van der Waals surface area (Å²) >= 11 is 0. The molecule has 1 N–H and O–H groups in total. The topological polar surface area (TPSA) is 58.9 Å². The lowest BCUT2D eigenvalue weighted by Gasteiger charge is -2.19. The van der Waals surface area contributed by atoms with Crippen LogP contribution in [0.3, 0.4) is 0 Å². The summed E-state index contributed by atoms with van der Waals surface area (Å²) in [4.78, 5) is 2.43. The van der Waals surface area contributed by atoms with E-state index in [-0.39, 0.29) is 5.82 Å². The van der Waals surface area contributed by atoms with Gasteiger partial charge in [-0.1, -0.05) is 18.2 Å². The molecule has 1 aliphatic heterocycles. The fraction of sp³-hybridized carbons (Fsp3) is 0.480. The van der Waals surface area contributed by atoms with E-state index in [1.165, 1.54) is 12.8 Å². The average molecular weight is 435 g/mol. The van der Waals surface area contributed by atoms with Crippen LogP contribution in [0.2, 0.25) is 0 Å². The number of hydrogen-bond acceptors (Lipinski definition) is 5. The molecule has 7 heteroatoms. The summed E-state index contributed by atoms with van der Waals surface area (Å²) < 4.78 is 15.8. The molecule has 3 heterocycles. The van der Waals surface area contributed by atoms with Gasteiger partial charge in [0.25, 0.3) is 0 Å². The first-order valence-corrected chi connectivity index (χ1v) is 11.6. The van der Waals surface area contributed by atoms with Crippen molar-refractivity contribution in [3.05, 3.63) is 59.5 Å². The Bertz CT molecular complexity index is 1030. The van der Waals surface area contributed by atoms with Crippen molar-refractivity contribution in [3.8, 4) is 11.4 Å². The fourth-order valence-corrected chi connectivity index (χ4v) is 5.63. The minimum atomic E-state index is -0.0832. The van der Waals surface area contributed by atoms with Gasteiger partial charge in [-0.25, -0.2) is 4.39 Å². The number of fused-ring (bicyclic) bond motifs is 1. The molecule has 3 aromatic rings. The molecule has 0 spiro atoms. The van der Waals surface area contributed by atoms with Gasteiger partial charge in [-0.3, -0.25) is 9.58 Å². The third kappa shape index (κ3) is 4.39. The predicted molar refractivity (Wildman–Crippen MR) is 123 cm³/mol. The molecule has 0 amide bonds. The number of rotatable bonds is 7. The summed E-state index contributed by atoms with van der Waals surface area (Å²) in [5.41, 5.74) is 3.77. The Hall–Kier alpha value is -2.80. The van der Waals surface area contributed by atoms with E-state index >= 15 is 0 Å². The smallest absolute Gasteiger partial charge is 0.148 e. The van der Waals surface area contributed by atoms with Crippen LogP contribution in [0.15, 0.2) is 42.6 Å². The number of halogens is 1. The van der Waals surface area contributed by atoms with Crippen molar-refractivity contribution in [1.82, 2.24) is 24.9 Å². The molecule has 0 radical (unpaired) electrons. The molecule has 5 rings (SSSR count). The quantitative estimate of drug-likeness (QED) is 0.601. The molecule has 1 aromatic carbocycles. The normalized spacial score (nSPS) is 22.9. The molecule has 32 heavy (non-hydrogen) atoms. The van der Waals surface area contributed by atoms with Gasteiger partial charge >= 0.3 is 0 Å². The van der Waals surface area contributed by atoms with E-state index in [0.29, 0.717) is 0 Å². The van der Waals surface area contributed by atoms with Crippen LogP contribution in [0.5, 0.6) is 0 Å². The SMILES string of the molecule is Cc1cnn(C)c1-c1ccc(NCCC2CC3CN(Cc4ccccc4F)CC3C2)nn1. The van der Waals surface area contributed by atoms with Crippen LogP contribution < -0.4 is 5.32 Å². The standard InChI is InChI=1S/C25H31FN6/c1-17-13-28-31(2)25(17)23-7-8-24(30-29-23)27-10-9-18-11-20-15-32(16-21(20)12-18)14-19-5-3-4-6-22(19)26/h3-8,13,18,20-21H,9-12,14-16H2,1-2H3,(H,27,30). The molecule has 2 unspecified atom stereocenters. The lowest BCUT2D eigenvalue weighted by atomic mass is 10.0. The molecule has 0 bridgehead atoms. The Morgan fingerprint density at radius 3 is 2.50 bits per heavy atom. The number of aromatic nitrogens is 4. The molecule has 168 valence electrons. The third-order valence-electron chi connectivity index (χ3n) is 7.16. The lowest BCUT2D eigenvalue weighted by Crippen LogP contribution is -2.22. The van der Waals surface area contributed by atoms with Crippen LogP contribution in [0.4, 0.5) is 10.2 Å². The van der Waals surface area contributed by atoms with Crippen molar-refractivity contribution in [1.29, 1.82) is 0 Å². The van der Waals surface area contributed by atoms with Crippen LogP contribution in [0, 0.1) is 30.5 Å². The van der Waals surface area contributed by atoms with Crippen molar-refractivity contribution >= 4 is 5.82 Å². The predicted octanol–water partition coefficient (Wildman–Crippen LogP) is 4.28. The lowest BCUT2D eigenvalue weighted by molar-refractivity contribution is 0.284. The van der Waals surface area contributed by atoms with Crippen molar-refractivity contribution in [2.24, 2.45) is 24.8 Å². The van der Waals surface area contributed by atoms with E-state index in [2.05, 4.69) is 25.5 Å². The van der Waals surface area contributed by atoms with E-state index in [9.17, 15) is 4.39 Å². The van der Waals surface area contributed by atoms with Crippen LogP contribution >= 0.6 is 0 Å². The molecule has 2 atom stereocenters. The largest absolute Gasteiger partial charge is 0.369 e. The molecule has 2 aromatic heterocycles. The number of aryl methyl sites for hydroxylation is 2. The van der Waals surface area contributed by atoms with E-state index < -0.39 is 0 Å². The van der Waals surface area contributed by atoms with Crippen LogP contribution in [0.1, 0.15) is 30.4 Å². The molecule has 2 fully saturated rings. The Labute approximate surface area is 188 Å². The van der Waals surface area contributed by atoms with Gasteiger partial charge in [0, 0.05) is 38.8 Å². The monoisotopic (exact) mass is 434 g/mol. The van der Waals surface area contributed by atoms with Crippen LogP contribution in [0.25, 0.3) is 11.4 Å². The second kappa shape index (κ2) is 8.98. The first-order valence-electron chi connectivity index (χ1n) is 11.6. The van der Waals surface area contributed by atoms with Gasteiger partial charge in [0.2, 0.25) is 0 Å². The summed E-state index contributed by atoms with van der Waals surface area (Å²) in [5.74, 6) is 3.02. The number of hydrogen-bond donors (Lipinski definition) is 1. The summed E-state index contributed by atoms with van der Waals surface area (Å²) in [5, 5.41) is 16.5. The molecular weight excluding hydrogens is 403 g/mol. The number of nitrogens with one attached hydrogen (secondary N) is 1. The minimum Gasteiger partial charge on any atom is -0.369 e. The second-order valence-electron chi connectivity index (χ2n) is 9.46. The van der Waals surface area contributed by atoms with Gasteiger partial charge in [-0.2, -0.15) is 5.10 Å². The number of nitrogens with zero attached hydrogens (tertiary/aromatic N) is 5. The van der Waals surface area contributed by atoms with Crippen molar-refractivity contribution in [3.63, 3.8) is 0 Å². The van der Waals surface area contributed by atoms with Crippen LogP contribution in [-0.4, -0.2) is 44.5 Å². The first-order chi connectivity index (χ1) is 15.6. The third-order valence-corrected chi connectivity index (χ3v) is 7.16. The summed E-state index contributed by atoms with van der Waals surface area (Å²) in [6.45, 7) is 5.89. The molecule has 1 saturated heterocycles. The first kappa shape index (κ1) is 21.1. The summed E-state index contributed by atoms with van der Waals surface area (Å²) in [6, 6.07) is 11.2. The minimum absolute atomic E-state index is 0.0832. The Morgan fingerprint density at radius 1 is 1.06 bits per heavy atom. The Morgan fingerprint density at radius 2 is 1.84 bits per heavy atom. The molecule has 6 nitrogen and oxygen atoms in total. The Balaban J connectivity index is 1.07. The molecular formula is C25H31FN6. The number of benzene rings is 1. The Kier molecular flexibility index (Phi) is 5.91. The highest BCUT2D eigenvalue weighted by molar-refractivity contribution is 5.59. The van der Waals surface area contributed by atoms with E-state index in [1.807, 2.05) is 49.1 Å². The zero-order valence-corrected chi connectivity index (χ0v) is 18.8. The van der Waals surface area contributed by atoms with Crippen LogP contribution in [-0.2, 0) is 13.6 Å².